The SMILES string of the molecule is CCCCCNC(=O)c1cc2c(s1)-c1ccccc1OC2. The number of unbranched alkanes of at least 4 members (excludes halogenated alkanes) is 2. The van der Waals surface area contributed by atoms with Crippen molar-refractivity contribution >= 4 is 17.2 Å². The summed E-state index contributed by atoms with van der Waals surface area (Å²) in [6.45, 7) is 3.46. The number of para-hydroxylation sites is 1. The van der Waals surface area contributed by atoms with Gasteiger partial charge in [0.2, 0.25) is 0 Å². The zero-order valence-electron chi connectivity index (χ0n) is 12.1. The number of ether oxygens (including phenoxy) is 1. The molecule has 0 bridgehead atoms. The van der Waals surface area contributed by atoms with Gasteiger partial charge in [0.15, 0.2) is 0 Å². The van der Waals surface area contributed by atoms with E-state index in [9.17, 15) is 4.79 Å². The van der Waals surface area contributed by atoms with E-state index in [2.05, 4.69) is 12.2 Å². The topological polar surface area (TPSA) is 38.3 Å². The molecule has 0 aliphatic carbocycles. The van der Waals surface area contributed by atoms with Crippen LogP contribution >= 0.6 is 11.3 Å². The van der Waals surface area contributed by atoms with Crippen molar-refractivity contribution < 1.29 is 9.53 Å². The van der Waals surface area contributed by atoms with Gasteiger partial charge in [-0.05, 0) is 24.6 Å². The Balaban J connectivity index is 1.76. The molecule has 0 saturated carbocycles. The first-order valence-corrected chi connectivity index (χ1v) is 8.24. The smallest absolute Gasteiger partial charge is 0.261 e. The Morgan fingerprint density at radius 2 is 2.19 bits per heavy atom. The summed E-state index contributed by atoms with van der Waals surface area (Å²) in [5, 5.41) is 3.00. The molecule has 1 aliphatic heterocycles. The van der Waals surface area contributed by atoms with Gasteiger partial charge in [0.05, 0.1) is 4.88 Å². The van der Waals surface area contributed by atoms with Crippen LogP contribution in [0.3, 0.4) is 0 Å². The average molecular weight is 301 g/mol. The van der Waals surface area contributed by atoms with E-state index >= 15 is 0 Å². The number of nitrogens with one attached hydrogen (secondary N) is 1. The summed E-state index contributed by atoms with van der Waals surface area (Å²) in [5.74, 6) is 0.935. The molecule has 1 aromatic carbocycles. The Hall–Kier alpha value is -1.81. The summed E-state index contributed by atoms with van der Waals surface area (Å²) < 4.78 is 5.73. The van der Waals surface area contributed by atoms with Crippen molar-refractivity contribution in [3.63, 3.8) is 0 Å². The maximum atomic E-state index is 12.2. The van der Waals surface area contributed by atoms with Crippen LogP contribution in [0.1, 0.15) is 41.4 Å². The Labute approximate surface area is 129 Å². The quantitative estimate of drug-likeness (QED) is 0.839. The molecule has 4 heteroatoms. The van der Waals surface area contributed by atoms with Crippen LogP contribution in [0.15, 0.2) is 30.3 Å². The second-order valence-corrected chi connectivity index (χ2v) is 6.27. The van der Waals surface area contributed by atoms with Crippen molar-refractivity contribution in [3.05, 3.63) is 40.8 Å². The maximum absolute atomic E-state index is 12.2. The zero-order valence-corrected chi connectivity index (χ0v) is 13.0. The summed E-state index contributed by atoms with van der Waals surface area (Å²) in [4.78, 5) is 14.1. The number of benzene rings is 1. The summed E-state index contributed by atoms with van der Waals surface area (Å²) in [6, 6.07) is 9.96. The molecular weight excluding hydrogens is 282 g/mol. The third-order valence-electron chi connectivity index (χ3n) is 3.61. The van der Waals surface area contributed by atoms with E-state index in [-0.39, 0.29) is 5.91 Å². The van der Waals surface area contributed by atoms with E-state index in [0.29, 0.717) is 6.61 Å². The van der Waals surface area contributed by atoms with E-state index in [1.807, 2.05) is 30.3 Å². The van der Waals surface area contributed by atoms with Crippen molar-refractivity contribution in [2.24, 2.45) is 0 Å². The van der Waals surface area contributed by atoms with Crippen LogP contribution in [0.4, 0.5) is 0 Å². The second-order valence-electron chi connectivity index (χ2n) is 5.21. The minimum Gasteiger partial charge on any atom is -0.488 e. The Morgan fingerprint density at radius 1 is 1.33 bits per heavy atom. The van der Waals surface area contributed by atoms with Crippen LogP contribution in [0.5, 0.6) is 5.75 Å². The fourth-order valence-corrected chi connectivity index (χ4v) is 3.59. The number of thiophene rings is 1. The first-order valence-electron chi connectivity index (χ1n) is 7.42. The number of rotatable bonds is 5. The molecule has 0 spiro atoms. The van der Waals surface area contributed by atoms with Crippen molar-refractivity contribution in [2.75, 3.05) is 6.54 Å². The summed E-state index contributed by atoms with van der Waals surface area (Å²) in [7, 11) is 0. The molecule has 0 unspecified atom stereocenters. The molecule has 1 aliphatic rings. The normalized spacial score (nSPS) is 12.2. The van der Waals surface area contributed by atoms with Gasteiger partial charge >= 0.3 is 0 Å². The standard InChI is InChI=1S/C17H19NO2S/c1-2-3-6-9-18-17(19)15-10-12-11-20-14-8-5-4-7-13(14)16(12)21-15/h4-5,7-8,10H,2-3,6,9,11H2,1H3,(H,18,19). The van der Waals surface area contributed by atoms with Gasteiger partial charge in [0, 0.05) is 22.5 Å². The van der Waals surface area contributed by atoms with Crippen molar-refractivity contribution in [1.29, 1.82) is 0 Å². The third-order valence-corrected chi connectivity index (χ3v) is 4.82. The lowest BCUT2D eigenvalue weighted by atomic mass is 10.1. The highest BCUT2D eigenvalue weighted by Crippen LogP contribution is 2.42. The summed E-state index contributed by atoms with van der Waals surface area (Å²) in [6.07, 6.45) is 3.36. The number of carbonyl (C=O) groups is 1. The first kappa shape index (κ1) is 14.1. The predicted octanol–water partition coefficient (Wildman–Crippen LogP) is 4.23. The molecule has 0 saturated heterocycles. The number of hydrogen-bond donors (Lipinski definition) is 1. The second kappa shape index (κ2) is 6.31. The van der Waals surface area contributed by atoms with Crippen LogP contribution in [0.2, 0.25) is 0 Å². The van der Waals surface area contributed by atoms with Crippen molar-refractivity contribution in [1.82, 2.24) is 5.32 Å². The molecule has 3 nitrogen and oxygen atoms in total. The lowest BCUT2D eigenvalue weighted by Crippen LogP contribution is -2.23. The fraction of sp³-hybridized carbons (Fsp3) is 0.353. The molecule has 1 amide bonds. The van der Waals surface area contributed by atoms with Crippen LogP contribution in [-0.2, 0) is 6.61 Å². The predicted molar refractivity (Wildman–Crippen MR) is 85.9 cm³/mol. The monoisotopic (exact) mass is 301 g/mol. The van der Waals surface area contributed by atoms with E-state index in [0.717, 1.165) is 52.4 Å². The Morgan fingerprint density at radius 3 is 3.05 bits per heavy atom. The van der Waals surface area contributed by atoms with Gasteiger partial charge in [-0.15, -0.1) is 11.3 Å². The Kier molecular flexibility index (Phi) is 4.25. The Bertz CT molecular complexity index is 648. The van der Waals surface area contributed by atoms with E-state index in [1.165, 1.54) is 0 Å². The lowest BCUT2D eigenvalue weighted by molar-refractivity contribution is 0.0957. The highest BCUT2D eigenvalue weighted by Gasteiger charge is 2.22. The zero-order chi connectivity index (χ0) is 14.7. The van der Waals surface area contributed by atoms with E-state index < -0.39 is 0 Å². The van der Waals surface area contributed by atoms with Gasteiger partial charge in [-0.3, -0.25) is 4.79 Å². The van der Waals surface area contributed by atoms with Crippen LogP contribution in [-0.4, -0.2) is 12.5 Å². The van der Waals surface area contributed by atoms with Crippen LogP contribution in [0.25, 0.3) is 10.4 Å². The highest BCUT2D eigenvalue weighted by molar-refractivity contribution is 7.17. The van der Waals surface area contributed by atoms with Crippen LogP contribution in [0, 0.1) is 0 Å². The van der Waals surface area contributed by atoms with Gasteiger partial charge in [0.25, 0.3) is 5.91 Å². The summed E-state index contributed by atoms with van der Waals surface area (Å²) >= 11 is 1.56. The molecule has 0 fully saturated rings. The number of carbonyl (C=O) groups excluding carboxylic acids is 1. The molecule has 1 N–H and O–H groups in total. The van der Waals surface area contributed by atoms with Gasteiger partial charge in [-0.2, -0.15) is 0 Å². The maximum Gasteiger partial charge on any atom is 0.261 e. The van der Waals surface area contributed by atoms with Gasteiger partial charge in [-0.25, -0.2) is 0 Å². The number of fused-ring (bicyclic) bond motifs is 3. The number of amides is 1. The molecule has 1 aromatic heterocycles. The van der Waals surface area contributed by atoms with E-state index in [1.54, 1.807) is 11.3 Å². The average Bonchev–Trinajstić information content (AvgIpc) is 2.96. The van der Waals surface area contributed by atoms with Crippen molar-refractivity contribution in [2.45, 2.75) is 32.8 Å². The van der Waals surface area contributed by atoms with Crippen molar-refractivity contribution in [3.8, 4) is 16.2 Å². The first-order chi connectivity index (χ1) is 10.3. The van der Waals surface area contributed by atoms with Gasteiger partial charge in [0.1, 0.15) is 12.4 Å². The molecule has 110 valence electrons. The third kappa shape index (κ3) is 2.95. The fourth-order valence-electron chi connectivity index (χ4n) is 2.48. The molecule has 21 heavy (non-hydrogen) atoms. The molecule has 3 rings (SSSR count). The molecule has 0 atom stereocenters. The minimum absolute atomic E-state index is 0.0305. The molecule has 0 radical (unpaired) electrons. The van der Waals surface area contributed by atoms with Crippen LogP contribution < -0.4 is 10.1 Å². The summed E-state index contributed by atoms with van der Waals surface area (Å²) in [5.41, 5.74) is 2.20. The largest absolute Gasteiger partial charge is 0.488 e. The lowest BCUT2D eigenvalue weighted by Gasteiger charge is -2.16. The minimum atomic E-state index is 0.0305. The molecule has 2 aromatic rings. The highest BCUT2D eigenvalue weighted by atomic mass is 32.1. The molecular formula is C17H19NO2S. The van der Waals surface area contributed by atoms with Gasteiger partial charge in [-0.1, -0.05) is 31.9 Å². The number of hydrogen-bond acceptors (Lipinski definition) is 3. The molecule has 2 heterocycles. The van der Waals surface area contributed by atoms with Gasteiger partial charge < -0.3 is 10.1 Å². The van der Waals surface area contributed by atoms with E-state index in [4.69, 9.17) is 4.74 Å².